The van der Waals surface area contributed by atoms with Crippen LogP contribution in [0, 0.1) is 5.82 Å². The molecule has 2 nitrogen and oxygen atoms in total. The Bertz CT molecular complexity index is 531. The normalized spacial score (nSPS) is 12.4. The third kappa shape index (κ3) is 4.40. The fraction of sp³-hybridized carbons (Fsp3) is 0.267. The van der Waals surface area contributed by atoms with Crippen molar-refractivity contribution in [1.82, 2.24) is 4.98 Å². The van der Waals surface area contributed by atoms with Crippen molar-refractivity contribution >= 4 is 15.9 Å². The highest BCUT2D eigenvalue weighted by molar-refractivity contribution is 9.10. The SMILES string of the molecule is NC(CCc1ccccn1)Cc1ccc(F)c(Br)c1. The van der Waals surface area contributed by atoms with E-state index in [0.29, 0.717) is 4.47 Å². The van der Waals surface area contributed by atoms with Gasteiger partial charge in [-0.1, -0.05) is 12.1 Å². The van der Waals surface area contributed by atoms with Gasteiger partial charge in [-0.05, 0) is 65.0 Å². The van der Waals surface area contributed by atoms with Gasteiger partial charge in [0, 0.05) is 17.9 Å². The Balaban J connectivity index is 1.87. The maximum absolute atomic E-state index is 13.1. The van der Waals surface area contributed by atoms with Gasteiger partial charge in [0.1, 0.15) is 5.82 Å². The minimum Gasteiger partial charge on any atom is -0.327 e. The monoisotopic (exact) mass is 322 g/mol. The fourth-order valence-electron chi connectivity index (χ4n) is 1.95. The molecule has 2 aromatic rings. The van der Waals surface area contributed by atoms with Crippen LogP contribution in [-0.4, -0.2) is 11.0 Å². The first-order valence-corrected chi connectivity index (χ1v) is 7.04. The van der Waals surface area contributed by atoms with Crippen molar-refractivity contribution in [3.8, 4) is 0 Å². The summed E-state index contributed by atoms with van der Waals surface area (Å²) in [5.74, 6) is -0.245. The molecule has 0 aliphatic heterocycles. The Hall–Kier alpha value is -1.26. The van der Waals surface area contributed by atoms with Gasteiger partial charge in [0.15, 0.2) is 0 Å². The Morgan fingerprint density at radius 2 is 2.11 bits per heavy atom. The number of benzene rings is 1. The van der Waals surface area contributed by atoms with E-state index in [0.717, 1.165) is 30.5 Å². The van der Waals surface area contributed by atoms with Crippen molar-refractivity contribution in [2.45, 2.75) is 25.3 Å². The lowest BCUT2D eigenvalue weighted by Crippen LogP contribution is -2.23. The van der Waals surface area contributed by atoms with Crippen molar-refractivity contribution in [1.29, 1.82) is 0 Å². The van der Waals surface area contributed by atoms with Crippen LogP contribution in [-0.2, 0) is 12.8 Å². The van der Waals surface area contributed by atoms with Crippen LogP contribution in [0.1, 0.15) is 17.7 Å². The fourth-order valence-corrected chi connectivity index (χ4v) is 2.38. The average Bonchev–Trinajstić information content (AvgIpc) is 2.42. The summed E-state index contributed by atoms with van der Waals surface area (Å²) in [6.45, 7) is 0. The molecule has 2 rings (SSSR count). The minimum atomic E-state index is -0.245. The lowest BCUT2D eigenvalue weighted by molar-refractivity contribution is 0.599. The molecule has 0 aliphatic carbocycles. The number of nitrogens with two attached hydrogens (primary N) is 1. The zero-order valence-electron chi connectivity index (χ0n) is 10.5. The van der Waals surface area contributed by atoms with Crippen molar-refractivity contribution < 1.29 is 4.39 Å². The molecule has 1 heterocycles. The Labute approximate surface area is 121 Å². The van der Waals surface area contributed by atoms with Gasteiger partial charge in [-0.3, -0.25) is 4.98 Å². The maximum atomic E-state index is 13.1. The van der Waals surface area contributed by atoms with E-state index in [-0.39, 0.29) is 11.9 Å². The van der Waals surface area contributed by atoms with E-state index < -0.39 is 0 Å². The second-order valence-electron chi connectivity index (χ2n) is 4.57. The van der Waals surface area contributed by atoms with Gasteiger partial charge in [0.25, 0.3) is 0 Å². The molecule has 0 radical (unpaired) electrons. The number of aromatic nitrogens is 1. The number of halogens is 2. The number of aryl methyl sites for hydroxylation is 1. The first kappa shape index (κ1) is 14.2. The third-order valence-corrected chi connectivity index (χ3v) is 3.59. The van der Waals surface area contributed by atoms with Gasteiger partial charge in [-0.15, -0.1) is 0 Å². The van der Waals surface area contributed by atoms with Crippen molar-refractivity contribution in [3.05, 3.63) is 64.1 Å². The molecule has 0 amide bonds. The maximum Gasteiger partial charge on any atom is 0.137 e. The molecule has 0 saturated carbocycles. The molecule has 0 saturated heterocycles. The summed E-state index contributed by atoms with van der Waals surface area (Å²) in [6.07, 6.45) is 4.26. The van der Waals surface area contributed by atoms with E-state index in [9.17, 15) is 4.39 Å². The number of rotatable bonds is 5. The smallest absolute Gasteiger partial charge is 0.137 e. The van der Waals surface area contributed by atoms with Crippen molar-refractivity contribution in [3.63, 3.8) is 0 Å². The standard InChI is InChI=1S/C15H16BrFN2/c16-14-10-11(4-7-15(14)17)9-12(18)5-6-13-3-1-2-8-19-13/h1-4,7-8,10,12H,5-6,9,18H2. The predicted molar refractivity (Wildman–Crippen MR) is 78.3 cm³/mol. The van der Waals surface area contributed by atoms with Crippen LogP contribution >= 0.6 is 15.9 Å². The van der Waals surface area contributed by atoms with Gasteiger partial charge in [0.2, 0.25) is 0 Å². The highest BCUT2D eigenvalue weighted by Crippen LogP contribution is 2.18. The predicted octanol–water partition coefficient (Wildman–Crippen LogP) is 3.49. The molecule has 0 spiro atoms. The van der Waals surface area contributed by atoms with E-state index in [1.54, 1.807) is 18.3 Å². The summed E-state index contributed by atoms with van der Waals surface area (Å²) >= 11 is 3.19. The third-order valence-electron chi connectivity index (χ3n) is 2.98. The molecule has 0 aliphatic rings. The highest BCUT2D eigenvalue weighted by atomic mass is 79.9. The zero-order valence-corrected chi connectivity index (χ0v) is 12.1. The summed E-state index contributed by atoms with van der Waals surface area (Å²) < 4.78 is 13.6. The average molecular weight is 323 g/mol. The number of hydrogen-bond donors (Lipinski definition) is 1. The summed E-state index contributed by atoms with van der Waals surface area (Å²) in [7, 11) is 0. The number of hydrogen-bond acceptors (Lipinski definition) is 2. The highest BCUT2D eigenvalue weighted by Gasteiger charge is 2.07. The molecular weight excluding hydrogens is 307 g/mol. The summed E-state index contributed by atoms with van der Waals surface area (Å²) in [5.41, 5.74) is 8.20. The summed E-state index contributed by atoms with van der Waals surface area (Å²) in [5, 5.41) is 0. The van der Waals surface area contributed by atoms with E-state index in [2.05, 4.69) is 20.9 Å². The van der Waals surface area contributed by atoms with E-state index >= 15 is 0 Å². The molecule has 1 aromatic carbocycles. The van der Waals surface area contributed by atoms with Crippen LogP contribution in [0.5, 0.6) is 0 Å². The zero-order chi connectivity index (χ0) is 13.7. The first-order valence-electron chi connectivity index (χ1n) is 6.24. The number of nitrogens with zero attached hydrogens (tertiary/aromatic N) is 1. The van der Waals surface area contributed by atoms with Gasteiger partial charge >= 0.3 is 0 Å². The Kier molecular flexibility index (Phi) is 5.05. The number of pyridine rings is 1. The first-order chi connectivity index (χ1) is 9.15. The topological polar surface area (TPSA) is 38.9 Å². The van der Waals surface area contributed by atoms with Gasteiger partial charge in [-0.25, -0.2) is 4.39 Å². The van der Waals surface area contributed by atoms with Gasteiger partial charge in [-0.2, -0.15) is 0 Å². The van der Waals surface area contributed by atoms with Crippen molar-refractivity contribution in [2.24, 2.45) is 5.73 Å². The van der Waals surface area contributed by atoms with Crippen LogP contribution in [0.15, 0.2) is 47.1 Å². The summed E-state index contributed by atoms with van der Waals surface area (Å²) in [6, 6.07) is 11.0. The van der Waals surface area contributed by atoms with Crippen LogP contribution in [0.3, 0.4) is 0 Å². The molecule has 1 unspecified atom stereocenters. The quantitative estimate of drug-likeness (QED) is 0.915. The lowest BCUT2D eigenvalue weighted by Gasteiger charge is -2.11. The minimum absolute atomic E-state index is 0.0550. The molecule has 1 atom stereocenters. The van der Waals surface area contributed by atoms with Gasteiger partial charge < -0.3 is 5.73 Å². The van der Waals surface area contributed by atoms with Crippen LogP contribution in [0.2, 0.25) is 0 Å². The molecule has 19 heavy (non-hydrogen) atoms. The lowest BCUT2D eigenvalue weighted by atomic mass is 10.0. The second-order valence-corrected chi connectivity index (χ2v) is 5.43. The molecule has 0 bridgehead atoms. The van der Waals surface area contributed by atoms with Crippen LogP contribution < -0.4 is 5.73 Å². The Morgan fingerprint density at radius 1 is 1.26 bits per heavy atom. The molecule has 100 valence electrons. The van der Waals surface area contributed by atoms with E-state index in [4.69, 9.17) is 5.73 Å². The Morgan fingerprint density at radius 3 is 2.79 bits per heavy atom. The molecule has 4 heteroatoms. The van der Waals surface area contributed by atoms with Crippen molar-refractivity contribution in [2.75, 3.05) is 0 Å². The largest absolute Gasteiger partial charge is 0.327 e. The van der Waals surface area contributed by atoms with Gasteiger partial charge in [0.05, 0.1) is 4.47 Å². The molecular formula is C15H16BrFN2. The van der Waals surface area contributed by atoms with Crippen LogP contribution in [0.4, 0.5) is 4.39 Å². The summed E-state index contributed by atoms with van der Waals surface area (Å²) in [4.78, 5) is 4.27. The molecule has 1 aromatic heterocycles. The molecule has 0 fully saturated rings. The van der Waals surface area contributed by atoms with E-state index in [1.165, 1.54) is 6.07 Å². The molecule has 2 N–H and O–H groups in total. The van der Waals surface area contributed by atoms with E-state index in [1.807, 2.05) is 18.2 Å². The van der Waals surface area contributed by atoms with Crippen LogP contribution in [0.25, 0.3) is 0 Å². The second kappa shape index (κ2) is 6.78.